The summed E-state index contributed by atoms with van der Waals surface area (Å²) in [4.78, 5) is 18.0. The van der Waals surface area contributed by atoms with Crippen molar-refractivity contribution in [1.82, 2.24) is 10.2 Å². The Morgan fingerprint density at radius 3 is 2.66 bits per heavy atom. The van der Waals surface area contributed by atoms with Gasteiger partial charge in [0.25, 0.3) is 0 Å². The third-order valence-corrected chi connectivity index (χ3v) is 4.92. The molecule has 0 radical (unpaired) electrons. The first-order valence-corrected chi connectivity index (χ1v) is 10.2. The summed E-state index contributed by atoms with van der Waals surface area (Å²) in [5.41, 5.74) is 8.27. The van der Waals surface area contributed by atoms with E-state index in [0.29, 0.717) is 32.2 Å². The molecule has 1 unspecified atom stereocenters. The van der Waals surface area contributed by atoms with Crippen molar-refractivity contribution < 1.29 is 14.3 Å². The van der Waals surface area contributed by atoms with Crippen molar-refractivity contribution in [3.63, 3.8) is 0 Å². The molecule has 1 saturated heterocycles. The van der Waals surface area contributed by atoms with Crippen LogP contribution in [0.5, 0.6) is 5.75 Å². The van der Waals surface area contributed by atoms with Gasteiger partial charge in [0.05, 0.1) is 19.3 Å². The minimum Gasteiger partial charge on any atom is -0.490 e. The van der Waals surface area contributed by atoms with Gasteiger partial charge in [-0.2, -0.15) is 0 Å². The topological polar surface area (TPSA) is 89.2 Å². The molecule has 1 aliphatic rings. The number of guanidine groups is 1. The molecule has 0 spiro atoms. The zero-order chi connectivity index (χ0) is 20.5. The van der Waals surface area contributed by atoms with E-state index in [1.165, 1.54) is 0 Å². The Morgan fingerprint density at radius 2 is 2.03 bits per heavy atom. The summed E-state index contributed by atoms with van der Waals surface area (Å²) in [6, 6.07) is 6.36. The Kier molecular flexibility index (Phi) is 11.2. The van der Waals surface area contributed by atoms with Crippen LogP contribution in [0.3, 0.4) is 0 Å². The highest BCUT2D eigenvalue weighted by atomic mass is 127. The lowest BCUT2D eigenvalue weighted by molar-refractivity contribution is 0.0963. The maximum Gasteiger partial charge on any atom is 0.409 e. The number of ether oxygens (including phenoxy) is 2. The molecule has 0 aliphatic carbocycles. The summed E-state index contributed by atoms with van der Waals surface area (Å²) < 4.78 is 11.1. The van der Waals surface area contributed by atoms with Crippen molar-refractivity contribution in [1.29, 1.82) is 0 Å². The summed E-state index contributed by atoms with van der Waals surface area (Å²) in [5.74, 6) is 1.29. The Hall–Kier alpha value is -1.71. The molecule has 1 fully saturated rings. The van der Waals surface area contributed by atoms with E-state index in [9.17, 15) is 4.79 Å². The van der Waals surface area contributed by atoms with E-state index >= 15 is 0 Å². The number of hydrogen-bond donors (Lipinski definition) is 2. The van der Waals surface area contributed by atoms with Crippen LogP contribution in [0, 0.1) is 6.92 Å². The molecule has 1 atom stereocenters. The van der Waals surface area contributed by atoms with Gasteiger partial charge < -0.3 is 25.4 Å². The molecule has 1 aromatic rings. The van der Waals surface area contributed by atoms with Crippen LogP contribution in [0.25, 0.3) is 0 Å². The van der Waals surface area contributed by atoms with Gasteiger partial charge in [-0.1, -0.05) is 19.1 Å². The molecule has 0 saturated carbocycles. The largest absolute Gasteiger partial charge is 0.490 e. The van der Waals surface area contributed by atoms with Crippen LogP contribution in [-0.4, -0.2) is 48.8 Å². The van der Waals surface area contributed by atoms with E-state index in [-0.39, 0.29) is 42.2 Å². The number of amides is 1. The van der Waals surface area contributed by atoms with Crippen LogP contribution in [0.1, 0.15) is 51.2 Å². The molecular formula is C21H35IN4O3. The van der Waals surface area contributed by atoms with Gasteiger partial charge in [0, 0.05) is 24.7 Å². The molecule has 7 nitrogen and oxygen atoms in total. The molecule has 164 valence electrons. The van der Waals surface area contributed by atoms with Gasteiger partial charge in [0.15, 0.2) is 5.96 Å². The number of halogens is 1. The predicted octanol–water partition coefficient (Wildman–Crippen LogP) is 3.82. The van der Waals surface area contributed by atoms with Gasteiger partial charge >= 0.3 is 6.09 Å². The normalized spacial score (nSPS) is 16.0. The Morgan fingerprint density at radius 1 is 1.34 bits per heavy atom. The summed E-state index contributed by atoms with van der Waals surface area (Å²) >= 11 is 0. The number of nitrogens with zero attached hydrogens (tertiary/aromatic N) is 2. The van der Waals surface area contributed by atoms with E-state index in [1.807, 2.05) is 19.1 Å². The number of carbonyl (C=O) groups excluding carboxylic acids is 1. The number of aryl methyl sites for hydroxylation is 1. The Labute approximate surface area is 191 Å². The van der Waals surface area contributed by atoms with Gasteiger partial charge in [0.2, 0.25) is 0 Å². The van der Waals surface area contributed by atoms with Crippen molar-refractivity contribution in [3.8, 4) is 5.75 Å². The number of benzene rings is 1. The van der Waals surface area contributed by atoms with Crippen molar-refractivity contribution >= 4 is 36.0 Å². The van der Waals surface area contributed by atoms with Crippen molar-refractivity contribution in [2.45, 2.75) is 65.6 Å². The molecule has 0 aromatic heterocycles. The van der Waals surface area contributed by atoms with Gasteiger partial charge in [0.1, 0.15) is 5.75 Å². The van der Waals surface area contributed by atoms with Gasteiger partial charge in [-0.15, -0.1) is 24.0 Å². The molecule has 3 N–H and O–H groups in total. The molecule has 2 rings (SSSR count). The first kappa shape index (κ1) is 25.3. The number of piperidine rings is 1. The quantitative estimate of drug-likeness (QED) is 0.326. The highest BCUT2D eigenvalue weighted by Crippen LogP contribution is 2.23. The average molecular weight is 518 g/mol. The highest BCUT2D eigenvalue weighted by molar-refractivity contribution is 14.0. The zero-order valence-corrected chi connectivity index (χ0v) is 20.3. The number of rotatable bonds is 7. The Bertz CT molecular complexity index is 676. The van der Waals surface area contributed by atoms with Crippen LogP contribution in [0.2, 0.25) is 0 Å². The number of hydrogen-bond acceptors (Lipinski definition) is 4. The standard InChI is InChI=1S/C21H34N4O3.HI/c1-5-16(4)28-19-13-15(3)7-8-17(19)14-23-20(22)24-18-9-11-25(12-10-18)21(26)27-6-2;/h7-8,13,16,18H,5-6,9-12,14H2,1-4H3,(H3,22,23,24);1H. The lowest BCUT2D eigenvalue weighted by Gasteiger charge is -2.31. The minimum atomic E-state index is -0.240. The fourth-order valence-electron chi connectivity index (χ4n) is 3.05. The van der Waals surface area contributed by atoms with E-state index < -0.39 is 0 Å². The second-order valence-electron chi connectivity index (χ2n) is 7.25. The van der Waals surface area contributed by atoms with Crippen LogP contribution in [0.4, 0.5) is 4.79 Å². The highest BCUT2D eigenvalue weighted by Gasteiger charge is 2.23. The fourth-order valence-corrected chi connectivity index (χ4v) is 3.05. The maximum atomic E-state index is 11.8. The van der Waals surface area contributed by atoms with Crippen LogP contribution in [-0.2, 0) is 11.3 Å². The number of nitrogens with one attached hydrogen (secondary N) is 1. The number of likely N-dealkylation sites (tertiary alicyclic amines) is 1. The van der Waals surface area contributed by atoms with E-state index in [1.54, 1.807) is 4.90 Å². The molecule has 1 aliphatic heterocycles. The van der Waals surface area contributed by atoms with Crippen LogP contribution in [0.15, 0.2) is 23.2 Å². The summed E-state index contributed by atoms with van der Waals surface area (Å²) in [7, 11) is 0. The zero-order valence-electron chi connectivity index (χ0n) is 17.9. The average Bonchev–Trinajstić information content (AvgIpc) is 2.68. The third-order valence-electron chi connectivity index (χ3n) is 4.92. The third kappa shape index (κ3) is 8.28. The molecule has 1 heterocycles. The molecule has 1 aromatic carbocycles. The predicted molar refractivity (Wildman–Crippen MR) is 127 cm³/mol. The smallest absolute Gasteiger partial charge is 0.409 e. The van der Waals surface area contributed by atoms with Gasteiger partial charge in [-0.25, -0.2) is 9.79 Å². The number of nitrogens with two attached hydrogens (primary N) is 1. The van der Waals surface area contributed by atoms with Crippen LogP contribution >= 0.6 is 24.0 Å². The fraction of sp³-hybridized carbons (Fsp3) is 0.619. The minimum absolute atomic E-state index is 0. The molecule has 1 amide bonds. The molecule has 8 heteroatoms. The van der Waals surface area contributed by atoms with E-state index in [4.69, 9.17) is 15.2 Å². The molecular weight excluding hydrogens is 483 g/mol. The monoisotopic (exact) mass is 518 g/mol. The summed E-state index contributed by atoms with van der Waals surface area (Å²) in [6.45, 7) is 10.2. The summed E-state index contributed by atoms with van der Waals surface area (Å²) in [5, 5.41) is 3.27. The lowest BCUT2D eigenvalue weighted by Crippen LogP contribution is -2.48. The SMILES string of the molecule is CCOC(=O)N1CCC(NC(N)=NCc2ccc(C)cc2OC(C)CC)CC1.I. The van der Waals surface area contributed by atoms with Crippen LogP contribution < -0.4 is 15.8 Å². The second-order valence-corrected chi connectivity index (χ2v) is 7.25. The Balaban J connectivity index is 0.00000420. The maximum absolute atomic E-state index is 11.8. The first-order chi connectivity index (χ1) is 13.4. The molecule has 29 heavy (non-hydrogen) atoms. The lowest BCUT2D eigenvalue weighted by atomic mass is 10.1. The van der Waals surface area contributed by atoms with Gasteiger partial charge in [-0.3, -0.25) is 0 Å². The van der Waals surface area contributed by atoms with E-state index in [2.05, 4.69) is 37.1 Å². The van der Waals surface area contributed by atoms with Gasteiger partial charge in [-0.05, 0) is 51.7 Å². The molecule has 0 bridgehead atoms. The van der Waals surface area contributed by atoms with Crippen molar-refractivity contribution in [2.75, 3.05) is 19.7 Å². The van der Waals surface area contributed by atoms with Crippen molar-refractivity contribution in [2.24, 2.45) is 10.7 Å². The van der Waals surface area contributed by atoms with E-state index in [0.717, 1.165) is 36.1 Å². The summed E-state index contributed by atoms with van der Waals surface area (Å²) in [6.07, 6.45) is 2.51. The van der Waals surface area contributed by atoms with Crippen molar-refractivity contribution in [3.05, 3.63) is 29.3 Å². The second kappa shape index (κ2) is 12.8. The first-order valence-electron chi connectivity index (χ1n) is 10.2. The number of aliphatic imine (C=N–C) groups is 1. The number of carbonyl (C=O) groups is 1.